The molecule has 0 aromatic carbocycles. The summed E-state index contributed by atoms with van der Waals surface area (Å²) in [5, 5.41) is 15.2. The summed E-state index contributed by atoms with van der Waals surface area (Å²) in [5.41, 5.74) is 0.234. The van der Waals surface area contributed by atoms with Gasteiger partial charge in [-0.15, -0.1) is 0 Å². The molecule has 0 radical (unpaired) electrons. The Hall–Kier alpha value is -1.38. The second kappa shape index (κ2) is 5.41. The van der Waals surface area contributed by atoms with Crippen LogP contribution in [0.15, 0.2) is 23.8 Å². The molecule has 3 nitrogen and oxygen atoms in total. The first-order valence-corrected chi connectivity index (χ1v) is 3.26. The molecular formula is C8H11NO2. The fourth-order valence-electron chi connectivity index (χ4n) is 0.549. The van der Waals surface area contributed by atoms with E-state index in [-0.39, 0.29) is 12.0 Å². The Kier molecular flexibility index (Phi) is 4.73. The van der Waals surface area contributed by atoms with Crippen LogP contribution in [0.25, 0.3) is 0 Å². The van der Waals surface area contributed by atoms with Gasteiger partial charge in [0, 0.05) is 12.0 Å². The summed E-state index contributed by atoms with van der Waals surface area (Å²) in [6.07, 6.45) is 6.14. The fraction of sp³-hybridized carbons (Fsp3) is 0.250. The topological polar surface area (TPSA) is 61.2 Å². The third-order valence-electron chi connectivity index (χ3n) is 1.09. The van der Waals surface area contributed by atoms with Crippen molar-refractivity contribution in [2.75, 3.05) is 0 Å². The molecule has 0 bridgehead atoms. The molecule has 0 amide bonds. The molecule has 0 saturated carbocycles. The zero-order valence-corrected chi connectivity index (χ0v) is 6.37. The molecule has 0 unspecified atom stereocenters. The van der Waals surface area contributed by atoms with Gasteiger partial charge in [-0.05, 0) is 13.1 Å². The number of carboxylic acids is 1. The summed E-state index contributed by atoms with van der Waals surface area (Å²) in [4.78, 5) is 10.4. The number of carbonyl (C=O) groups is 1. The summed E-state index contributed by atoms with van der Waals surface area (Å²) in [5.74, 6) is -0.966. The van der Waals surface area contributed by atoms with Gasteiger partial charge in [0.2, 0.25) is 0 Å². The molecule has 0 aliphatic heterocycles. The quantitative estimate of drug-likeness (QED) is 0.366. The minimum absolute atomic E-state index is 0.180. The van der Waals surface area contributed by atoms with Crippen LogP contribution in [0.5, 0.6) is 0 Å². The maximum absolute atomic E-state index is 10.4. The lowest BCUT2D eigenvalue weighted by Crippen LogP contribution is -2.00. The lowest BCUT2D eigenvalue weighted by molar-refractivity contribution is -0.132. The Labute approximate surface area is 65.6 Å². The Morgan fingerprint density at radius 1 is 1.64 bits per heavy atom. The highest BCUT2D eigenvalue weighted by Gasteiger charge is 2.02. The molecule has 0 aromatic heterocycles. The number of carboxylic acid groups (broad SMARTS) is 1. The Morgan fingerprint density at radius 2 is 2.27 bits per heavy atom. The van der Waals surface area contributed by atoms with E-state index in [1.54, 1.807) is 19.1 Å². The van der Waals surface area contributed by atoms with Crippen LogP contribution in [0.2, 0.25) is 0 Å². The Morgan fingerprint density at radius 3 is 2.64 bits per heavy atom. The van der Waals surface area contributed by atoms with Crippen molar-refractivity contribution in [2.24, 2.45) is 0 Å². The third kappa shape index (κ3) is 4.08. The van der Waals surface area contributed by atoms with E-state index in [2.05, 4.69) is 0 Å². The predicted molar refractivity (Wildman–Crippen MR) is 43.9 cm³/mol. The number of nitrogens with one attached hydrogen (secondary N) is 1. The zero-order chi connectivity index (χ0) is 8.69. The van der Waals surface area contributed by atoms with E-state index in [1.165, 1.54) is 6.08 Å². The summed E-state index contributed by atoms with van der Waals surface area (Å²) in [6, 6.07) is 0. The Bertz CT molecular complexity index is 204. The van der Waals surface area contributed by atoms with E-state index < -0.39 is 5.97 Å². The van der Waals surface area contributed by atoms with Gasteiger partial charge in [0.15, 0.2) is 0 Å². The summed E-state index contributed by atoms with van der Waals surface area (Å²) >= 11 is 0. The molecule has 60 valence electrons. The molecule has 0 spiro atoms. The summed E-state index contributed by atoms with van der Waals surface area (Å²) < 4.78 is 0. The fourth-order valence-corrected chi connectivity index (χ4v) is 0.549. The molecule has 0 heterocycles. The van der Waals surface area contributed by atoms with Crippen molar-refractivity contribution in [3.05, 3.63) is 23.8 Å². The number of rotatable bonds is 4. The normalized spacial score (nSPS) is 11.9. The van der Waals surface area contributed by atoms with Gasteiger partial charge in [0.25, 0.3) is 0 Å². The van der Waals surface area contributed by atoms with Crippen molar-refractivity contribution < 1.29 is 9.90 Å². The van der Waals surface area contributed by atoms with Crippen molar-refractivity contribution in [1.82, 2.24) is 0 Å². The molecular weight excluding hydrogens is 142 g/mol. The largest absolute Gasteiger partial charge is 0.478 e. The van der Waals surface area contributed by atoms with Gasteiger partial charge in [-0.2, -0.15) is 0 Å². The molecule has 2 N–H and O–H groups in total. The van der Waals surface area contributed by atoms with Gasteiger partial charge in [-0.1, -0.05) is 18.2 Å². The van der Waals surface area contributed by atoms with Crippen molar-refractivity contribution in [3.63, 3.8) is 0 Å². The molecule has 11 heavy (non-hydrogen) atoms. The molecule has 0 aromatic rings. The van der Waals surface area contributed by atoms with E-state index in [1.807, 2.05) is 0 Å². The average molecular weight is 153 g/mol. The minimum atomic E-state index is -0.966. The van der Waals surface area contributed by atoms with Crippen LogP contribution in [-0.4, -0.2) is 17.3 Å². The monoisotopic (exact) mass is 153 g/mol. The van der Waals surface area contributed by atoms with Crippen LogP contribution < -0.4 is 0 Å². The smallest absolute Gasteiger partial charge is 0.331 e. The number of hydrogen-bond donors (Lipinski definition) is 2. The van der Waals surface area contributed by atoms with E-state index in [4.69, 9.17) is 10.5 Å². The van der Waals surface area contributed by atoms with Crippen molar-refractivity contribution in [3.8, 4) is 0 Å². The van der Waals surface area contributed by atoms with Gasteiger partial charge < -0.3 is 10.5 Å². The van der Waals surface area contributed by atoms with Gasteiger partial charge >= 0.3 is 5.97 Å². The second-order valence-electron chi connectivity index (χ2n) is 1.93. The van der Waals surface area contributed by atoms with Crippen molar-refractivity contribution in [1.29, 1.82) is 5.41 Å². The number of hydrogen-bond acceptors (Lipinski definition) is 2. The highest BCUT2D eigenvalue weighted by molar-refractivity contribution is 5.90. The Balaban J connectivity index is 4.31. The van der Waals surface area contributed by atoms with E-state index >= 15 is 0 Å². The summed E-state index contributed by atoms with van der Waals surface area (Å²) in [7, 11) is 0. The second-order valence-corrected chi connectivity index (χ2v) is 1.93. The predicted octanol–water partition coefficient (Wildman–Crippen LogP) is 1.61. The van der Waals surface area contributed by atoms with Crippen LogP contribution in [0, 0.1) is 5.41 Å². The van der Waals surface area contributed by atoms with Gasteiger partial charge in [0.1, 0.15) is 0 Å². The highest BCUT2D eigenvalue weighted by Crippen LogP contribution is 1.98. The molecule has 0 aliphatic rings. The first-order chi connectivity index (χ1) is 5.22. The molecule has 0 aliphatic carbocycles. The average Bonchev–Trinajstić information content (AvgIpc) is 1.97. The molecule has 3 heteroatoms. The van der Waals surface area contributed by atoms with Crippen LogP contribution >= 0.6 is 0 Å². The van der Waals surface area contributed by atoms with E-state index in [9.17, 15) is 4.79 Å². The van der Waals surface area contributed by atoms with Crippen LogP contribution in [0.3, 0.4) is 0 Å². The summed E-state index contributed by atoms with van der Waals surface area (Å²) in [6.45, 7) is 1.81. The SMILES string of the molecule is CC=C/C=C(\CC=N)C(=O)O. The van der Waals surface area contributed by atoms with Crippen LogP contribution in [-0.2, 0) is 4.79 Å². The highest BCUT2D eigenvalue weighted by atomic mass is 16.4. The number of aliphatic carboxylic acids is 1. The standard InChI is InChI=1S/C8H11NO2/c1-2-3-4-7(5-6-9)8(10)11/h2-4,6,9H,5H2,1H3,(H,10,11)/b3-2?,7-4+,9-6?. The molecule has 0 fully saturated rings. The molecule has 0 atom stereocenters. The first kappa shape index (κ1) is 9.62. The van der Waals surface area contributed by atoms with Gasteiger partial charge in [0.05, 0.1) is 0 Å². The zero-order valence-electron chi connectivity index (χ0n) is 6.37. The lowest BCUT2D eigenvalue weighted by atomic mass is 10.2. The molecule has 0 rings (SSSR count). The number of allylic oxidation sites excluding steroid dienone is 3. The lowest BCUT2D eigenvalue weighted by Gasteiger charge is -1.92. The van der Waals surface area contributed by atoms with E-state index in [0.717, 1.165) is 6.21 Å². The van der Waals surface area contributed by atoms with E-state index in [0.29, 0.717) is 0 Å². The van der Waals surface area contributed by atoms with Crippen LogP contribution in [0.4, 0.5) is 0 Å². The maximum atomic E-state index is 10.4. The van der Waals surface area contributed by atoms with Crippen LogP contribution in [0.1, 0.15) is 13.3 Å². The van der Waals surface area contributed by atoms with Crippen molar-refractivity contribution >= 4 is 12.2 Å². The van der Waals surface area contributed by atoms with Gasteiger partial charge in [-0.3, -0.25) is 0 Å². The third-order valence-corrected chi connectivity index (χ3v) is 1.09. The van der Waals surface area contributed by atoms with Gasteiger partial charge in [-0.25, -0.2) is 4.79 Å². The minimum Gasteiger partial charge on any atom is -0.478 e. The van der Waals surface area contributed by atoms with Crippen molar-refractivity contribution in [2.45, 2.75) is 13.3 Å². The first-order valence-electron chi connectivity index (χ1n) is 3.26. The molecule has 0 saturated heterocycles. The maximum Gasteiger partial charge on any atom is 0.331 e.